The Morgan fingerprint density at radius 3 is 3.10 bits per heavy atom. The molecule has 4 nitrogen and oxygen atoms in total. The number of nitrogens with zero attached hydrogens (tertiary/aromatic N) is 1. The van der Waals surface area contributed by atoms with E-state index in [0.717, 1.165) is 24.1 Å². The van der Waals surface area contributed by atoms with Gasteiger partial charge in [-0.25, -0.2) is 4.98 Å². The van der Waals surface area contributed by atoms with Crippen LogP contribution in [0, 0.1) is 12.8 Å². The van der Waals surface area contributed by atoms with Gasteiger partial charge >= 0.3 is 0 Å². The van der Waals surface area contributed by atoms with Crippen molar-refractivity contribution in [1.29, 1.82) is 0 Å². The SMILES string of the molecule is Cc1cc(Br)oc1C(=O)Nc1nc2c(s1)CC(C)CC2. The summed E-state index contributed by atoms with van der Waals surface area (Å²) in [5, 5.41) is 3.51. The molecule has 0 saturated carbocycles. The number of halogens is 1. The van der Waals surface area contributed by atoms with E-state index in [1.54, 1.807) is 17.4 Å². The van der Waals surface area contributed by atoms with Crippen LogP contribution in [0.3, 0.4) is 0 Å². The van der Waals surface area contributed by atoms with Crippen molar-refractivity contribution in [3.63, 3.8) is 0 Å². The molecule has 2 heterocycles. The number of carbonyl (C=O) groups excluding carboxylic acids is 1. The second-order valence-corrected chi connectivity index (χ2v) is 7.12. The third-order valence-corrected chi connectivity index (χ3v) is 4.93. The zero-order valence-corrected chi connectivity index (χ0v) is 13.7. The summed E-state index contributed by atoms with van der Waals surface area (Å²) in [6.07, 6.45) is 3.25. The summed E-state index contributed by atoms with van der Waals surface area (Å²) in [6.45, 7) is 4.10. The van der Waals surface area contributed by atoms with Crippen molar-refractivity contribution in [2.24, 2.45) is 5.92 Å². The minimum absolute atomic E-state index is 0.243. The van der Waals surface area contributed by atoms with Crippen LogP contribution in [-0.4, -0.2) is 10.9 Å². The van der Waals surface area contributed by atoms with Gasteiger partial charge in [0.05, 0.1) is 5.69 Å². The van der Waals surface area contributed by atoms with Crippen LogP contribution in [0.2, 0.25) is 0 Å². The molecule has 106 valence electrons. The largest absolute Gasteiger partial charge is 0.444 e. The highest BCUT2D eigenvalue weighted by Crippen LogP contribution is 2.32. The molecule has 0 spiro atoms. The number of anilines is 1. The monoisotopic (exact) mass is 354 g/mol. The fraction of sp³-hybridized carbons (Fsp3) is 0.429. The number of hydrogen-bond donors (Lipinski definition) is 1. The molecule has 2 aromatic heterocycles. The zero-order valence-electron chi connectivity index (χ0n) is 11.3. The van der Waals surface area contributed by atoms with Gasteiger partial charge in [0, 0.05) is 10.4 Å². The molecule has 1 unspecified atom stereocenters. The average Bonchev–Trinajstić information content (AvgIpc) is 2.91. The topological polar surface area (TPSA) is 55.1 Å². The first-order valence-corrected chi connectivity index (χ1v) is 8.19. The zero-order chi connectivity index (χ0) is 14.3. The number of aromatic nitrogens is 1. The quantitative estimate of drug-likeness (QED) is 0.879. The third-order valence-electron chi connectivity index (χ3n) is 3.50. The van der Waals surface area contributed by atoms with Crippen molar-refractivity contribution in [3.8, 4) is 0 Å². The summed E-state index contributed by atoms with van der Waals surface area (Å²) in [4.78, 5) is 18.0. The number of nitrogens with one attached hydrogen (secondary N) is 1. The van der Waals surface area contributed by atoms with Crippen LogP contribution in [0.25, 0.3) is 0 Å². The summed E-state index contributed by atoms with van der Waals surface area (Å²) in [7, 11) is 0. The molecule has 1 atom stereocenters. The van der Waals surface area contributed by atoms with Gasteiger partial charge in [-0.3, -0.25) is 10.1 Å². The first kappa shape index (κ1) is 13.8. The summed E-state index contributed by atoms with van der Waals surface area (Å²) in [6, 6.07) is 1.78. The van der Waals surface area contributed by atoms with Gasteiger partial charge in [-0.2, -0.15) is 0 Å². The number of hydrogen-bond acceptors (Lipinski definition) is 4. The Morgan fingerprint density at radius 2 is 2.40 bits per heavy atom. The normalized spacial score (nSPS) is 17.9. The van der Waals surface area contributed by atoms with Crippen molar-refractivity contribution in [2.45, 2.75) is 33.1 Å². The van der Waals surface area contributed by atoms with E-state index in [1.165, 1.54) is 11.3 Å². The number of rotatable bonds is 2. The second kappa shape index (κ2) is 5.33. The first-order valence-electron chi connectivity index (χ1n) is 6.59. The third kappa shape index (κ3) is 2.67. The van der Waals surface area contributed by atoms with Gasteiger partial charge in [0.1, 0.15) is 0 Å². The number of amides is 1. The van der Waals surface area contributed by atoms with Crippen molar-refractivity contribution >= 4 is 38.3 Å². The Hall–Kier alpha value is -1.14. The first-order chi connectivity index (χ1) is 9.52. The van der Waals surface area contributed by atoms with Crippen LogP contribution >= 0.6 is 27.3 Å². The molecule has 0 bridgehead atoms. The van der Waals surface area contributed by atoms with Crippen molar-refractivity contribution in [3.05, 3.63) is 32.6 Å². The lowest BCUT2D eigenvalue weighted by Gasteiger charge is -2.15. The van der Waals surface area contributed by atoms with Crippen LogP contribution in [0.1, 0.15) is 40.0 Å². The summed E-state index contributed by atoms with van der Waals surface area (Å²) in [5.74, 6) is 0.792. The molecular formula is C14H15BrN2O2S. The van der Waals surface area contributed by atoms with Gasteiger partial charge in [-0.15, -0.1) is 11.3 Å². The van der Waals surface area contributed by atoms with E-state index in [0.29, 0.717) is 21.5 Å². The van der Waals surface area contributed by atoms with Crippen LogP contribution in [0.15, 0.2) is 15.2 Å². The smallest absolute Gasteiger partial charge is 0.293 e. The number of carbonyl (C=O) groups is 1. The Balaban J connectivity index is 1.78. The van der Waals surface area contributed by atoms with E-state index in [-0.39, 0.29) is 5.91 Å². The van der Waals surface area contributed by atoms with Gasteiger partial charge in [0.25, 0.3) is 5.91 Å². The maximum Gasteiger partial charge on any atom is 0.293 e. The lowest BCUT2D eigenvalue weighted by Crippen LogP contribution is -2.12. The molecule has 0 radical (unpaired) electrons. The second-order valence-electron chi connectivity index (χ2n) is 5.25. The Labute approximate surface area is 129 Å². The maximum atomic E-state index is 12.2. The van der Waals surface area contributed by atoms with Crippen LogP contribution < -0.4 is 5.32 Å². The van der Waals surface area contributed by atoms with E-state index in [1.807, 2.05) is 6.92 Å². The van der Waals surface area contributed by atoms with Gasteiger partial charge in [0.15, 0.2) is 15.6 Å². The molecule has 0 fully saturated rings. The molecule has 0 aliphatic heterocycles. The van der Waals surface area contributed by atoms with Crippen LogP contribution in [0.5, 0.6) is 0 Å². The van der Waals surface area contributed by atoms with Gasteiger partial charge in [0.2, 0.25) is 0 Å². The standard InChI is InChI=1S/C14H15BrN2O2S/c1-7-3-4-9-10(5-7)20-14(16-9)17-13(18)12-8(2)6-11(15)19-12/h6-7H,3-5H2,1-2H3,(H,16,17,18). The highest BCUT2D eigenvalue weighted by Gasteiger charge is 2.22. The minimum atomic E-state index is -0.243. The van der Waals surface area contributed by atoms with Gasteiger partial charge in [-0.05, 0) is 54.1 Å². The van der Waals surface area contributed by atoms with E-state index < -0.39 is 0 Å². The van der Waals surface area contributed by atoms with Crippen molar-refractivity contribution in [2.75, 3.05) is 5.32 Å². The molecule has 1 aliphatic carbocycles. The molecule has 1 amide bonds. The summed E-state index contributed by atoms with van der Waals surface area (Å²) in [5.41, 5.74) is 1.95. The summed E-state index contributed by atoms with van der Waals surface area (Å²) >= 11 is 4.81. The Morgan fingerprint density at radius 1 is 1.60 bits per heavy atom. The molecule has 1 N–H and O–H groups in total. The molecular weight excluding hydrogens is 340 g/mol. The predicted octanol–water partition coefficient (Wildman–Crippen LogP) is 4.18. The fourth-order valence-electron chi connectivity index (χ4n) is 2.42. The Bertz CT molecular complexity index is 662. The minimum Gasteiger partial charge on any atom is -0.444 e. The number of thiazole rings is 1. The van der Waals surface area contributed by atoms with Crippen molar-refractivity contribution < 1.29 is 9.21 Å². The molecule has 0 aromatic carbocycles. The molecule has 3 rings (SSSR count). The lowest BCUT2D eigenvalue weighted by molar-refractivity contribution is 0.0994. The van der Waals surface area contributed by atoms with Crippen LogP contribution in [-0.2, 0) is 12.8 Å². The highest BCUT2D eigenvalue weighted by atomic mass is 79.9. The molecule has 0 saturated heterocycles. The summed E-state index contributed by atoms with van der Waals surface area (Å²) < 4.78 is 5.91. The molecule has 20 heavy (non-hydrogen) atoms. The average molecular weight is 355 g/mol. The van der Waals surface area contributed by atoms with Crippen LogP contribution in [0.4, 0.5) is 5.13 Å². The van der Waals surface area contributed by atoms with E-state index in [4.69, 9.17) is 4.42 Å². The lowest BCUT2D eigenvalue weighted by atomic mass is 9.93. The number of aryl methyl sites for hydroxylation is 2. The number of furan rings is 1. The number of fused-ring (bicyclic) bond motifs is 1. The van der Waals surface area contributed by atoms with Crippen molar-refractivity contribution in [1.82, 2.24) is 4.98 Å². The Kier molecular flexibility index (Phi) is 3.69. The van der Waals surface area contributed by atoms with Gasteiger partial charge in [-0.1, -0.05) is 6.92 Å². The predicted molar refractivity (Wildman–Crippen MR) is 82.4 cm³/mol. The molecule has 2 aromatic rings. The van der Waals surface area contributed by atoms with E-state index in [9.17, 15) is 4.79 Å². The van der Waals surface area contributed by atoms with E-state index >= 15 is 0 Å². The van der Waals surface area contributed by atoms with Gasteiger partial charge < -0.3 is 4.42 Å². The molecule has 1 aliphatic rings. The fourth-order valence-corrected chi connectivity index (χ4v) is 4.09. The maximum absolute atomic E-state index is 12.2. The van der Waals surface area contributed by atoms with E-state index in [2.05, 4.69) is 33.2 Å². The highest BCUT2D eigenvalue weighted by molar-refractivity contribution is 9.10. The molecule has 6 heteroatoms.